The first-order valence-electron chi connectivity index (χ1n) is 9.68. The van der Waals surface area contributed by atoms with Crippen LogP contribution in [0.3, 0.4) is 0 Å². The number of rotatable bonds is 9. The molecule has 1 saturated heterocycles. The van der Waals surface area contributed by atoms with Crippen LogP contribution in [-0.4, -0.2) is 43.3 Å². The molecule has 146 valence electrons. The molecule has 1 unspecified atom stereocenters. The fraction of sp³-hybridized carbons (Fsp3) is 0.619. The fourth-order valence-electron chi connectivity index (χ4n) is 3.51. The minimum absolute atomic E-state index is 0. The molecule has 0 aromatic heterocycles. The molecule has 4 nitrogen and oxygen atoms in total. The van der Waals surface area contributed by atoms with Crippen molar-refractivity contribution in [1.82, 2.24) is 10.2 Å². The monoisotopic (exact) mass is 380 g/mol. The van der Waals surface area contributed by atoms with Gasteiger partial charge in [-0.15, -0.1) is 12.4 Å². The number of hydrogen-bond acceptors (Lipinski definition) is 3. The van der Waals surface area contributed by atoms with Crippen LogP contribution in [0.15, 0.2) is 24.3 Å². The normalized spacial score (nSPS) is 16.8. The summed E-state index contributed by atoms with van der Waals surface area (Å²) in [6, 6.07) is 7.89. The molecular formula is C21H33ClN2O2. The van der Waals surface area contributed by atoms with Gasteiger partial charge in [-0.05, 0) is 50.8 Å². The van der Waals surface area contributed by atoms with Gasteiger partial charge in [0.15, 0.2) is 5.78 Å². The molecule has 0 spiro atoms. The van der Waals surface area contributed by atoms with Crippen molar-refractivity contribution >= 4 is 24.1 Å². The number of Topliss-reactive ketones (excluding diaryl/α,β-unsaturated/α-hetero) is 1. The van der Waals surface area contributed by atoms with Crippen LogP contribution in [-0.2, 0) is 11.2 Å². The van der Waals surface area contributed by atoms with Crippen molar-refractivity contribution in [3.05, 3.63) is 35.4 Å². The van der Waals surface area contributed by atoms with Gasteiger partial charge in [0.25, 0.3) is 0 Å². The molecule has 5 heteroatoms. The van der Waals surface area contributed by atoms with Gasteiger partial charge >= 0.3 is 0 Å². The Kier molecular flexibility index (Phi) is 10.5. The first-order valence-corrected chi connectivity index (χ1v) is 9.68. The van der Waals surface area contributed by atoms with Crippen LogP contribution >= 0.6 is 12.4 Å². The van der Waals surface area contributed by atoms with E-state index in [0.717, 1.165) is 38.0 Å². The van der Waals surface area contributed by atoms with Crippen LogP contribution in [0.25, 0.3) is 0 Å². The number of carbonyl (C=O) groups is 2. The lowest BCUT2D eigenvalue weighted by Crippen LogP contribution is -2.42. The largest absolute Gasteiger partial charge is 0.342 e. The van der Waals surface area contributed by atoms with E-state index in [4.69, 9.17) is 0 Å². The number of piperidine rings is 1. The molecule has 1 aromatic rings. The van der Waals surface area contributed by atoms with Crippen molar-refractivity contribution in [3.8, 4) is 0 Å². The lowest BCUT2D eigenvalue weighted by Gasteiger charge is -2.32. The van der Waals surface area contributed by atoms with E-state index in [1.165, 1.54) is 24.8 Å². The average Bonchev–Trinajstić information content (AvgIpc) is 2.65. The molecule has 2 rings (SSSR count). The third-order valence-corrected chi connectivity index (χ3v) is 5.03. The number of aryl methyl sites for hydroxylation is 1. The maximum absolute atomic E-state index is 12.4. The van der Waals surface area contributed by atoms with E-state index in [1.807, 2.05) is 36.2 Å². The third kappa shape index (κ3) is 7.08. The zero-order chi connectivity index (χ0) is 18.1. The van der Waals surface area contributed by atoms with E-state index in [1.54, 1.807) is 0 Å². The van der Waals surface area contributed by atoms with Gasteiger partial charge in [0.1, 0.15) is 0 Å². The Morgan fingerprint density at radius 3 is 2.58 bits per heavy atom. The highest BCUT2D eigenvalue weighted by Gasteiger charge is 2.23. The molecule has 1 heterocycles. The molecule has 1 aliphatic heterocycles. The van der Waals surface area contributed by atoms with Crippen molar-refractivity contribution in [2.75, 3.05) is 26.7 Å². The fourth-order valence-corrected chi connectivity index (χ4v) is 3.51. The molecule has 0 saturated carbocycles. The van der Waals surface area contributed by atoms with Crippen molar-refractivity contribution in [2.45, 2.75) is 51.9 Å². The van der Waals surface area contributed by atoms with E-state index in [9.17, 15) is 9.59 Å². The molecule has 26 heavy (non-hydrogen) atoms. The highest BCUT2D eigenvalue weighted by atomic mass is 35.5. The zero-order valence-electron chi connectivity index (χ0n) is 16.1. The molecule has 1 N–H and O–H groups in total. The molecule has 1 aromatic carbocycles. The second-order valence-corrected chi connectivity index (χ2v) is 7.13. The van der Waals surface area contributed by atoms with E-state index < -0.39 is 0 Å². The van der Waals surface area contributed by atoms with E-state index in [-0.39, 0.29) is 24.1 Å². The van der Waals surface area contributed by atoms with Gasteiger partial charge in [-0.2, -0.15) is 0 Å². The average molecular weight is 381 g/mol. The summed E-state index contributed by atoms with van der Waals surface area (Å²) in [6.07, 6.45) is 6.27. The quantitative estimate of drug-likeness (QED) is 0.661. The van der Waals surface area contributed by atoms with Crippen molar-refractivity contribution in [3.63, 3.8) is 0 Å². The van der Waals surface area contributed by atoms with Crippen molar-refractivity contribution in [1.29, 1.82) is 0 Å². The predicted molar refractivity (Wildman–Crippen MR) is 109 cm³/mol. The first kappa shape index (κ1) is 22.7. The molecule has 1 fully saturated rings. The summed E-state index contributed by atoms with van der Waals surface area (Å²) in [7, 11) is 1.95. The van der Waals surface area contributed by atoms with Crippen LogP contribution in [0.1, 0.15) is 61.4 Å². The summed E-state index contributed by atoms with van der Waals surface area (Å²) in [5.74, 6) is 0.724. The summed E-state index contributed by atoms with van der Waals surface area (Å²) < 4.78 is 0. The van der Waals surface area contributed by atoms with Crippen LogP contribution in [0.2, 0.25) is 0 Å². The van der Waals surface area contributed by atoms with Gasteiger partial charge in [-0.25, -0.2) is 0 Å². The van der Waals surface area contributed by atoms with Crippen molar-refractivity contribution in [2.24, 2.45) is 5.92 Å². The van der Waals surface area contributed by atoms with Crippen LogP contribution < -0.4 is 5.32 Å². The van der Waals surface area contributed by atoms with Crippen LogP contribution in [0.5, 0.6) is 0 Å². The molecule has 1 atom stereocenters. The summed E-state index contributed by atoms with van der Waals surface area (Å²) in [5, 5.41) is 3.19. The summed E-state index contributed by atoms with van der Waals surface area (Å²) in [5.41, 5.74) is 2.00. The molecule has 0 aliphatic carbocycles. The van der Waals surface area contributed by atoms with Gasteiger partial charge < -0.3 is 10.2 Å². The van der Waals surface area contributed by atoms with Crippen molar-refractivity contribution < 1.29 is 9.59 Å². The van der Waals surface area contributed by atoms with Gasteiger partial charge in [-0.1, -0.05) is 37.6 Å². The standard InChI is InChI=1S/C21H32N2O2.ClH/c1-3-4-6-17-8-10-19(11-9-17)20(24)12-13-21(25)23-14-5-7-18(16-23)15-22-2;/h8-11,18,22H,3-7,12-16H2,1-2H3;1H. The molecular weight excluding hydrogens is 348 g/mol. The number of carbonyl (C=O) groups excluding carboxylic acids is 2. The first-order chi connectivity index (χ1) is 12.1. The van der Waals surface area contributed by atoms with Crippen LogP contribution in [0.4, 0.5) is 0 Å². The molecule has 0 bridgehead atoms. The molecule has 1 amide bonds. The number of nitrogens with one attached hydrogen (secondary N) is 1. The Hall–Kier alpha value is -1.39. The Balaban J connectivity index is 0.00000338. The predicted octanol–water partition coefficient (Wildman–Crippen LogP) is 3.87. The SMILES string of the molecule is CCCCc1ccc(C(=O)CCC(=O)N2CCCC(CNC)C2)cc1.Cl. The number of likely N-dealkylation sites (tertiary alicyclic amines) is 1. The Morgan fingerprint density at radius 2 is 1.92 bits per heavy atom. The second kappa shape index (κ2) is 12.1. The highest BCUT2D eigenvalue weighted by molar-refractivity contribution is 5.98. The lowest BCUT2D eigenvalue weighted by molar-refractivity contribution is -0.132. The molecule has 0 radical (unpaired) electrons. The number of amides is 1. The zero-order valence-corrected chi connectivity index (χ0v) is 16.9. The number of nitrogens with zero attached hydrogens (tertiary/aromatic N) is 1. The molecule has 1 aliphatic rings. The smallest absolute Gasteiger partial charge is 0.223 e. The lowest BCUT2D eigenvalue weighted by atomic mass is 9.97. The second-order valence-electron chi connectivity index (χ2n) is 7.13. The number of halogens is 1. The minimum atomic E-state index is 0. The highest BCUT2D eigenvalue weighted by Crippen LogP contribution is 2.17. The third-order valence-electron chi connectivity index (χ3n) is 5.03. The number of benzene rings is 1. The Bertz CT molecular complexity index is 558. The number of unbranched alkanes of at least 4 members (excludes halogenated alkanes) is 1. The summed E-state index contributed by atoms with van der Waals surface area (Å²) >= 11 is 0. The van der Waals surface area contributed by atoms with Gasteiger partial charge in [0.05, 0.1) is 0 Å². The number of hydrogen-bond donors (Lipinski definition) is 1. The Morgan fingerprint density at radius 1 is 1.19 bits per heavy atom. The maximum Gasteiger partial charge on any atom is 0.223 e. The minimum Gasteiger partial charge on any atom is -0.342 e. The van der Waals surface area contributed by atoms with Gasteiger partial charge in [0, 0.05) is 31.5 Å². The Labute approximate surface area is 164 Å². The summed E-state index contributed by atoms with van der Waals surface area (Å²) in [6.45, 7) is 4.78. The summed E-state index contributed by atoms with van der Waals surface area (Å²) in [4.78, 5) is 26.7. The van der Waals surface area contributed by atoms with E-state index in [2.05, 4.69) is 12.2 Å². The van der Waals surface area contributed by atoms with Crippen LogP contribution in [0, 0.1) is 5.92 Å². The van der Waals surface area contributed by atoms with E-state index in [0.29, 0.717) is 18.8 Å². The topological polar surface area (TPSA) is 49.4 Å². The number of ketones is 1. The van der Waals surface area contributed by atoms with E-state index >= 15 is 0 Å². The van der Waals surface area contributed by atoms with Gasteiger partial charge in [0.2, 0.25) is 5.91 Å². The van der Waals surface area contributed by atoms with Gasteiger partial charge in [-0.3, -0.25) is 9.59 Å². The maximum atomic E-state index is 12.4.